The molecule has 0 radical (unpaired) electrons. The summed E-state index contributed by atoms with van der Waals surface area (Å²) in [5.41, 5.74) is 0.463. The van der Waals surface area contributed by atoms with Crippen LogP contribution in [0.3, 0.4) is 0 Å². The van der Waals surface area contributed by atoms with E-state index in [2.05, 4.69) is 5.32 Å². The molecule has 2 aromatic carbocycles. The Balaban J connectivity index is 1.46. The molecule has 162 valence electrons. The van der Waals surface area contributed by atoms with Gasteiger partial charge in [-0.3, -0.25) is 4.79 Å². The molecule has 3 rings (SSSR count). The number of nitrogens with zero attached hydrogens (tertiary/aromatic N) is 1. The van der Waals surface area contributed by atoms with Crippen molar-refractivity contribution in [2.75, 3.05) is 25.4 Å². The molecule has 1 fully saturated rings. The summed E-state index contributed by atoms with van der Waals surface area (Å²) in [5, 5.41) is 3.27. The maximum Gasteiger partial charge on any atom is 0.243 e. The summed E-state index contributed by atoms with van der Waals surface area (Å²) < 4.78 is 40.7. The standard InChI is InChI=1S/C21H24ClFN2O3S2/c22-19-9-4-10-20(23)18(19)15-29-13-11-24-21(26)16-6-5-12-25(14-16)30(27,28)17-7-2-1-3-8-17/h1-4,7-10,16H,5-6,11-15H2,(H,24,26)/t16-/m1/s1. The lowest BCUT2D eigenvalue weighted by Gasteiger charge is -2.31. The molecule has 9 heteroatoms. The van der Waals surface area contributed by atoms with Crippen LogP contribution in [0.5, 0.6) is 0 Å². The van der Waals surface area contributed by atoms with Crippen molar-refractivity contribution in [3.63, 3.8) is 0 Å². The Labute approximate surface area is 186 Å². The van der Waals surface area contributed by atoms with Gasteiger partial charge in [0.25, 0.3) is 0 Å². The number of carbonyl (C=O) groups is 1. The highest BCUT2D eigenvalue weighted by molar-refractivity contribution is 7.98. The van der Waals surface area contributed by atoms with E-state index in [0.29, 0.717) is 48.0 Å². The zero-order valence-corrected chi connectivity index (χ0v) is 18.8. The number of benzene rings is 2. The zero-order valence-electron chi connectivity index (χ0n) is 16.4. The molecule has 1 amide bonds. The Morgan fingerprint density at radius 3 is 2.70 bits per heavy atom. The Morgan fingerprint density at radius 2 is 1.97 bits per heavy atom. The van der Waals surface area contributed by atoms with E-state index >= 15 is 0 Å². The number of thioether (sulfide) groups is 1. The van der Waals surface area contributed by atoms with Crippen LogP contribution < -0.4 is 5.32 Å². The molecule has 1 N–H and O–H groups in total. The van der Waals surface area contributed by atoms with Crippen molar-refractivity contribution in [1.82, 2.24) is 9.62 Å². The van der Waals surface area contributed by atoms with Crippen LogP contribution >= 0.6 is 23.4 Å². The normalized spacial score (nSPS) is 17.6. The molecule has 0 spiro atoms. The molecule has 0 bridgehead atoms. The fraction of sp³-hybridized carbons (Fsp3) is 0.381. The van der Waals surface area contributed by atoms with Crippen molar-refractivity contribution in [1.29, 1.82) is 0 Å². The van der Waals surface area contributed by atoms with Gasteiger partial charge in [-0.05, 0) is 37.1 Å². The highest BCUT2D eigenvalue weighted by atomic mass is 35.5. The van der Waals surface area contributed by atoms with Crippen molar-refractivity contribution < 1.29 is 17.6 Å². The summed E-state index contributed by atoms with van der Waals surface area (Å²) >= 11 is 7.49. The zero-order chi connectivity index (χ0) is 21.6. The van der Waals surface area contributed by atoms with E-state index in [1.165, 1.54) is 22.1 Å². The first-order valence-electron chi connectivity index (χ1n) is 9.73. The van der Waals surface area contributed by atoms with Gasteiger partial charge in [-0.15, -0.1) is 0 Å². The summed E-state index contributed by atoms with van der Waals surface area (Å²) in [6.45, 7) is 1.03. The van der Waals surface area contributed by atoms with Crippen LogP contribution in [0.15, 0.2) is 53.4 Å². The monoisotopic (exact) mass is 470 g/mol. The van der Waals surface area contributed by atoms with Crippen molar-refractivity contribution in [3.05, 3.63) is 64.9 Å². The average molecular weight is 471 g/mol. The summed E-state index contributed by atoms with van der Waals surface area (Å²) in [5.74, 6) is 0.181. The van der Waals surface area contributed by atoms with E-state index in [-0.39, 0.29) is 29.1 Å². The minimum atomic E-state index is -3.60. The van der Waals surface area contributed by atoms with Crippen molar-refractivity contribution in [3.8, 4) is 0 Å². The van der Waals surface area contributed by atoms with Gasteiger partial charge < -0.3 is 5.32 Å². The summed E-state index contributed by atoms with van der Waals surface area (Å²) in [6.07, 6.45) is 1.30. The second-order valence-corrected chi connectivity index (χ2v) is 10.5. The molecule has 0 aromatic heterocycles. The third kappa shape index (κ3) is 5.75. The first-order chi connectivity index (χ1) is 14.4. The Bertz CT molecular complexity index is 953. The summed E-state index contributed by atoms with van der Waals surface area (Å²) in [4.78, 5) is 12.8. The fourth-order valence-electron chi connectivity index (χ4n) is 3.35. The molecule has 0 saturated carbocycles. The smallest absolute Gasteiger partial charge is 0.243 e. The van der Waals surface area contributed by atoms with Gasteiger partial charge in [0.1, 0.15) is 5.82 Å². The van der Waals surface area contributed by atoms with E-state index in [9.17, 15) is 17.6 Å². The van der Waals surface area contributed by atoms with E-state index in [1.807, 2.05) is 0 Å². The molecule has 1 saturated heterocycles. The minimum absolute atomic E-state index is 0.146. The lowest BCUT2D eigenvalue weighted by atomic mass is 9.99. The number of piperidine rings is 1. The van der Waals surface area contributed by atoms with Gasteiger partial charge in [0.05, 0.1) is 10.8 Å². The van der Waals surface area contributed by atoms with Crippen molar-refractivity contribution >= 4 is 39.3 Å². The maximum absolute atomic E-state index is 13.8. The second-order valence-electron chi connectivity index (χ2n) is 7.06. The van der Waals surface area contributed by atoms with Crippen LogP contribution in [0.25, 0.3) is 0 Å². The molecule has 1 heterocycles. The van der Waals surface area contributed by atoms with Crippen LogP contribution in [-0.2, 0) is 20.6 Å². The second kappa shape index (κ2) is 10.6. The molecule has 5 nitrogen and oxygen atoms in total. The number of carbonyl (C=O) groups excluding carboxylic acids is 1. The molecule has 2 aromatic rings. The van der Waals surface area contributed by atoms with Crippen LogP contribution in [0.4, 0.5) is 4.39 Å². The summed E-state index contributed by atoms with van der Waals surface area (Å²) in [7, 11) is -3.60. The average Bonchev–Trinajstić information content (AvgIpc) is 2.76. The molecular formula is C21H24ClFN2O3S2. The third-order valence-electron chi connectivity index (χ3n) is 4.99. The van der Waals surface area contributed by atoms with Crippen LogP contribution in [-0.4, -0.2) is 44.0 Å². The van der Waals surface area contributed by atoms with Gasteiger partial charge in [0, 0.05) is 41.7 Å². The predicted octanol–water partition coefficient (Wildman–Crippen LogP) is 3.93. The Hall–Kier alpha value is -1.61. The summed E-state index contributed by atoms with van der Waals surface area (Å²) in [6, 6.07) is 12.9. The fourth-order valence-corrected chi connectivity index (χ4v) is 6.09. The SMILES string of the molecule is O=C(NCCSCc1c(F)cccc1Cl)[C@@H]1CCCN(S(=O)(=O)c2ccccc2)C1. The lowest BCUT2D eigenvalue weighted by molar-refractivity contribution is -0.125. The van der Waals surface area contributed by atoms with Crippen LogP contribution in [0.2, 0.25) is 5.02 Å². The molecule has 30 heavy (non-hydrogen) atoms. The molecule has 1 atom stereocenters. The first kappa shape index (κ1) is 23.1. The number of nitrogens with one attached hydrogen (secondary N) is 1. The molecule has 1 aliphatic rings. The highest BCUT2D eigenvalue weighted by Gasteiger charge is 2.33. The first-order valence-corrected chi connectivity index (χ1v) is 12.7. The topological polar surface area (TPSA) is 66.5 Å². The number of hydrogen-bond acceptors (Lipinski definition) is 4. The quantitative estimate of drug-likeness (QED) is 0.593. The van der Waals surface area contributed by atoms with E-state index < -0.39 is 10.0 Å². The minimum Gasteiger partial charge on any atom is -0.355 e. The van der Waals surface area contributed by atoms with Gasteiger partial charge in [-0.25, -0.2) is 12.8 Å². The van der Waals surface area contributed by atoms with Gasteiger partial charge >= 0.3 is 0 Å². The Morgan fingerprint density at radius 1 is 1.20 bits per heavy atom. The van der Waals surface area contributed by atoms with E-state index in [0.717, 1.165) is 0 Å². The van der Waals surface area contributed by atoms with E-state index in [4.69, 9.17) is 11.6 Å². The van der Waals surface area contributed by atoms with Gasteiger partial charge in [0.15, 0.2) is 0 Å². The molecule has 0 aliphatic carbocycles. The van der Waals surface area contributed by atoms with Gasteiger partial charge in [-0.1, -0.05) is 35.9 Å². The molecule has 1 aliphatic heterocycles. The van der Waals surface area contributed by atoms with E-state index in [1.54, 1.807) is 42.5 Å². The van der Waals surface area contributed by atoms with Crippen molar-refractivity contribution in [2.45, 2.75) is 23.5 Å². The lowest BCUT2D eigenvalue weighted by Crippen LogP contribution is -2.45. The number of hydrogen-bond donors (Lipinski definition) is 1. The number of sulfonamides is 1. The highest BCUT2D eigenvalue weighted by Crippen LogP contribution is 2.25. The van der Waals surface area contributed by atoms with Crippen LogP contribution in [0.1, 0.15) is 18.4 Å². The maximum atomic E-state index is 13.8. The number of halogens is 2. The predicted molar refractivity (Wildman–Crippen MR) is 119 cm³/mol. The number of amides is 1. The van der Waals surface area contributed by atoms with Gasteiger partial charge in [-0.2, -0.15) is 16.1 Å². The third-order valence-corrected chi connectivity index (χ3v) is 8.21. The Kier molecular flexibility index (Phi) is 8.16. The number of rotatable bonds is 8. The molecule has 0 unspecified atom stereocenters. The molecular weight excluding hydrogens is 447 g/mol. The van der Waals surface area contributed by atoms with Crippen molar-refractivity contribution in [2.24, 2.45) is 5.92 Å². The largest absolute Gasteiger partial charge is 0.355 e. The van der Waals surface area contributed by atoms with Gasteiger partial charge in [0.2, 0.25) is 15.9 Å². The van der Waals surface area contributed by atoms with Crippen LogP contribution in [0, 0.1) is 11.7 Å².